The van der Waals surface area contributed by atoms with E-state index < -0.39 is 21.8 Å². The fourth-order valence-corrected chi connectivity index (χ4v) is 6.60. The third kappa shape index (κ3) is 4.72. The first-order chi connectivity index (χ1) is 12.9. The van der Waals surface area contributed by atoms with Gasteiger partial charge in [-0.15, -0.1) is 11.3 Å². The topological polar surface area (TPSA) is 109 Å². The quantitative estimate of drug-likeness (QED) is 0.724. The Morgan fingerprint density at radius 3 is 2.70 bits per heavy atom. The highest BCUT2D eigenvalue weighted by atomic mass is 32.2. The summed E-state index contributed by atoms with van der Waals surface area (Å²) >= 11 is 2.86. The van der Waals surface area contributed by atoms with E-state index >= 15 is 0 Å². The molecule has 2 amide bonds. The van der Waals surface area contributed by atoms with Gasteiger partial charge in [0.15, 0.2) is 5.76 Å². The summed E-state index contributed by atoms with van der Waals surface area (Å²) in [5.41, 5.74) is 0.433. The van der Waals surface area contributed by atoms with Gasteiger partial charge in [-0.25, -0.2) is 8.42 Å². The van der Waals surface area contributed by atoms with Crippen LogP contribution < -0.4 is 10.6 Å². The van der Waals surface area contributed by atoms with Crippen molar-refractivity contribution < 1.29 is 22.4 Å². The van der Waals surface area contributed by atoms with Crippen molar-refractivity contribution in [2.24, 2.45) is 0 Å². The van der Waals surface area contributed by atoms with Crippen molar-refractivity contribution in [3.63, 3.8) is 0 Å². The van der Waals surface area contributed by atoms with Gasteiger partial charge in [-0.05, 0) is 25.1 Å². The largest absolute Gasteiger partial charge is 0.459 e. The highest BCUT2D eigenvalue weighted by Crippen LogP contribution is 2.32. The minimum atomic E-state index is -3.55. The molecule has 146 valence electrons. The Morgan fingerprint density at radius 1 is 1.30 bits per heavy atom. The Balaban J connectivity index is 1.62. The number of rotatable bonds is 6. The van der Waals surface area contributed by atoms with Crippen molar-refractivity contribution >= 4 is 50.6 Å². The van der Waals surface area contributed by atoms with E-state index in [9.17, 15) is 18.0 Å². The highest BCUT2D eigenvalue weighted by Gasteiger charge is 2.28. The number of anilines is 1. The van der Waals surface area contributed by atoms with E-state index in [1.807, 2.05) is 0 Å². The van der Waals surface area contributed by atoms with Crippen molar-refractivity contribution in [3.05, 3.63) is 35.1 Å². The maximum absolute atomic E-state index is 12.7. The number of hydrogen-bond acceptors (Lipinski definition) is 7. The van der Waals surface area contributed by atoms with Crippen LogP contribution >= 0.6 is 23.1 Å². The zero-order chi connectivity index (χ0) is 19.4. The number of thioether (sulfide) groups is 1. The Hall–Kier alpha value is -1.82. The fraction of sp³-hybridized carbons (Fsp3) is 0.375. The van der Waals surface area contributed by atoms with E-state index in [2.05, 4.69) is 10.6 Å². The zero-order valence-corrected chi connectivity index (χ0v) is 17.0. The molecule has 27 heavy (non-hydrogen) atoms. The van der Waals surface area contributed by atoms with Gasteiger partial charge in [-0.2, -0.15) is 16.1 Å². The molecule has 1 fully saturated rings. The standard InChI is InChI=1S/C16H19N3O5S3/c1-11-12(18-14(20)10-17-16(21)13-3-2-6-24-13)9-15(26-11)27(22,23)19-4-7-25-8-5-19/h2-3,6,9H,4-5,7-8,10H2,1H3,(H,17,21)(H,18,20). The minimum absolute atomic E-state index is 0.114. The Morgan fingerprint density at radius 2 is 2.04 bits per heavy atom. The molecule has 11 heteroatoms. The smallest absolute Gasteiger partial charge is 0.287 e. The van der Waals surface area contributed by atoms with Gasteiger partial charge in [0.25, 0.3) is 15.9 Å². The van der Waals surface area contributed by atoms with Gasteiger partial charge in [0, 0.05) is 29.5 Å². The molecule has 8 nitrogen and oxygen atoms in total. The lowest BCUT2D eigenvalue weighted by atomic mass is 10.4. The van der Waals surface area contributed by atoms with Crippen LogP contribution in [0.1, 0.15) is 15.4 Å². The number of amides is 2. The van der Waals surface area contributed by atoms with E-state index in [4.69, 9.17) is 4.42 Å². The van der Waals surface area contributed by atoms with Gasteiger partial charge in [0.05, 0.1) is 18.5 Å². The average Bonchev–Trinajstić information content (AvgIpc) is 3.31. The lowest BCUT2D eigenvalue weighted by Gasteiger charge is -2.24. The summed E-state index contributed by atoms with van der Waals surface area (Å²) in [6.45, 7) is 2.47. The van der Waals surface area contributed by atoms with Gasteiger partial charge < -0.3 is 15.1 Å². The summed E-state index contributed by atoms with van der Waals surface area (Å²) in [6.07, 6.45) is 1.37. The van der Waals surface area contributed by atoms with Crippen molar-refractivity contribution in [3.8, 4) is 0 Å². The monoisotopic (exact) mass is 429 g/mol. The van der Waals surface area contributed by atoms with E-state index in [-0.39, 0.29) is 16.5 Å². The van der Waals surface area contributed by atoms with E-state index in [1.165, 1.54) is 22.7 Å². The number of nitrogens with zero attached hydrogens (tertiary/aromatic N) is 1. The van der Waals surface area contributed by atoms with Crippen LogP contribution in [-0.2, 0) is 14.8 Å². The molecule has 0 aromatic carbocycles. The molecule has 1 aliphatic rings. The number of carbonyl (C=O) groups is 2. The highest BCUT2D eigenvalue weighted by molar-refractivity contribution is 7.99. The number of furan rings is 1. The van der Waals surface area contributed by atoms with Crippen LogP contribution in [0.15, 0.2) is 33.1 Å². The number of hydrogen-bond donors (Lipinski definition) is 2. The molecule has 0 radical (unpaired) electrons. The van der Waals surface area contributed by atoms with Crippen molar-refractivity contribution in [2.45, 2.75) is 11.1 Å². The molecule has 0 saturated carbocycles. The van der Waals surface area contributed by atoms with Crippen LogP contribution in [0.2, 0.25) is 0 Å². The lowest BCUT2D eigenvalue weighted by Crippen LogP contribution is -2.37. The first-order valence-corrected chi connectivity index (χ1v) is 11.6. The molecule has 2 N–H and O–H groups in total. The molecule has 3 heterocycles. The second-order valence-corrected chi connectivity index (χ2v) is 10.4. The SMILES string of the molecule is Cc1sc(S(=O)(=O)N2CCSCC2)cc1NC(=O)CNC(=O)c1ccco1. The average molecular weight is 430 g/mol. The molecular formula is C16H19N3O5S3. The molecule has 0 atom stereocenters. The van der Waals surface area contributed by atoms with Gasteiger partial charge in [0.2, 0.25) is 5.91 Å². The summed E-state index contributed by atoms with van der Waals surface area (Å²) < 4.78 is 32.1. The number of nitrogens with one attached hydrogen (secondary N) is 2. The second-order valence-electron chi connectivity index (χ2n) is 5.76. The number of carbonyl (C=O) groups excluding carboxylic acids is 2. The first-order valence-electron chi connectivity index (χ1n) is 8.18. The molecule has 2 aromatic heterocycles. The van der Waals surface area contributed by atoms with Gasteiger partial charge >= 0.3 is 0 Å². The third-order valence-corrected chi connectivity index (χ3v) is 8.23. The lowest BCUT2D eigenvalue weighted by molar-refractivity contribution is -0.115. The van der Waals surface area contributed by atoms with E-state index in [1.54, 1.807) is 24.8 Å². The third-order valence-electron chi connectivity index (χ3n) is 3.89. The van der Waals surface area contributed by atoms with Crippen molar-refractivity contribution in [2.75, 3.05) is 36.5 Å². The molecule has 1 aliphatic heterocycles. The first kappa shape index (κ1) is 19.9. The van der Waals surface area contributed by atoms with Gasteiger partial charge in [0.1, 0.15) is 4.21 Å². The summed E-state index contributed by atoms with van der Waals surface area (Å²) in [7, 11) is -3.55. The summed E-state index contributed by atoms with van der Waals surface area (Å²) in [5.74, 6) is 0.727. The van der Waals surface area contributed by atoms with Crippen LogP contribution in [0.3, 0.4) is 0 Å². The molecule has 0 bridgehead atoms. The predicted octanol–water partition coefficient (Wildman–Crippen LogP) is 1.76. The molecule has 0 spiro atoms. The molecule has 0 aliphatic carbocycles. The maximum atomic E-state index is 12.7. The Kier molecular flexibility index (Phi) is 6.25. The molecule has 2 aromatic rings. The molecule has 3 rings (SSSR count). The van der Waals surface area contributed by atoms with Crippen LogP contribution in [-0.4, -0.2) is 55.7 Å². The van der Waals surface area contributed by atoms with E-state index in [0.717, 1.165) is 22.8 Å². The second kappa shape index (κ2) is 8.46. The maximum Gasteiger partial charge on any atom is 0.287 e. The summed E-state index contributed by atoms with van der Waals surface area (Å²) in [6, 6.07) is 4.54. The number of sulfonamides is 1. The summed E-state index contributed by atoms with van der Waals surface area (Å²) in [4.78, 5) is 24.5. The number of aryl methyl sites for hydroxylation is 1. The Bertz CT molecular complexity index is 915. The van der Waals surface area contributed by atoms with Gasteiger partial charge in [-0.1, -0.05) is 0 Å². The van der Waals surface area contributed by atoms with Crippen molar-refractivity contribution in [1.29, 1.82) is 0 Å². The van der Waals surface area contributed by atoms with Crippen LogP contribution in [0.5, 0.6) is 0 Å². The Labute approximate surface area is 165 Å². The van der Waals surface area contributed by atoms with Gasteiger partial charge in [-0.3, -0.25) is 9.59 Å². The molecule has 0 unspecified atom stereocenters. The van der Waals surface area contributed by atoms with Crippen LogP contribution in [0, 0.1) is 6.92 Å². The summed E-state index contributed by atoms with van der Waals surface area (Å²) in [5, 5.41) is 5.09. The predicted molar refractivity (Wildman–Crippen MR) is 105 cm³/mol. The normalized spacial score (nSPS) is 15.4. The van der Waals surface area contributed by atoms with Crippen LogP contribution in [0.25, 0.3) is 0 Å². The van der Waals surface area contributed by atoms with Crippen molar-refractivity contribution in [1.82, 2.24) is 9.62 Å². The zero-order valence-electron chi connectivity index (χ0n) is 14.6. The van der Waals surface area contributed by atoms with E-state index in [0.29, 0.717) is 23.7 Å². The van der Waals surface area contributed by atoms with Crippen LogP contribution in [0.4, 0.5) is 5.69 Å². The molecule has 1 saturated heterocycles. The number of thiophene rings is 1. The fourth-order valence-electron chi connectivity index (χ4n) is 2.47. The minimum Gasteiger partial charge on any atom is -0.459 e. The molecular weight excluding hydrogens is 410 g/mol.